The van der Waals surface area contributed by atoms with Crippen molar-refractivity contribution < 1.29 is 38.7 Å². The molecule has 182 valence electrons. The lowest BCUT2D eigenvalue weighted by Crippen LogP contribution is -2.46. The average Bonchev–Trinajstić information content (AvgIpc) is 2.90. The highest BCUT2D eigenvalue weighted by atomic mass is 17.1. The summed E-state index contributed by atoms with van der Waals surface area (Å²) in [4.78, 5) is 42.5. The van der Waals surface area contributed by atoms with Crippen LogP contribution in [-0.2, 0) is 53.3 Å². The Kier molecular flexibility index (Phi) is 9.53. The van der Waals surface area contributed by atoms with E-state index < -0.39 is 36.4 Å². The third-order valence-corrected chi connectivity index (χ3v) is 5.10. The van der Waals surface area contributed by atoms with Gasteiger partial charge in [-0.2, -0.15) is 0 Å². The summed E-state index contributed by atoms with van der Waals surface area (Å²) in [5.74, 6) is -2.83. The zero-order valence-electron chi connectivity index (χ0n) is 19.0. The Morgan fingerprint density at radius 1 is 0.571 bits per heavy atom. The van der Waals surface area contributed by atoms with Crippen LogP contribution in [0, 0.1) is 0 Å². The first-order valence-electron chi connectivity index (χ1n) is 10.9. The first kappa shape index (κ1) is 25.6. The van der Waals surface area contributed by atoms with Gasteiger partial charge in [-0.05, 0) is 16.7 Å². The largest absolute Gasteiger partial charge is 0.461 e. The summed E-state index contributed by atoms with van der Waals surface area (Å²) >= 11 is 0. The molecule has 0 saturated heterocycles. The van der Waals surface area contributed by atoms with Crippen molar-refractivity contribution >= 4 is 17.9 Å². The van der Waals surface area contributed by atoms with Gasteiger partial charge in [0, 0.05) is 0 Å². The maximum absolute atomic E-state index is 13.0. The summed E-state index contributed by atoms with van der Waals surface area (Å²) in [6, 6.07) is 26.6. The Bertz CT molecular complexity index is 1030. The molecule has 0 spiro atoms. The molecule has 8 nitrogen and oxygen atoms in total. The minimum Gasteiger partial charge on any atom is -0.461 e. The van der Waals surface area contributed by atoms with Crippen LogP contribution in [0.15, 0.2) is 91.0 Å². The third-order valence-electron chi connectivity index (χ3n) is 5.10. The van der Waals surface area contributed by atoms with E-state index in [1.807, 2.05) is 12.1 Å². The molecule has 0 bridgehead atoms. The number of esters is 3. The summed E-state index contributed by atoms with van der Waals surface area (Å²) in [5, 5.41) is 9.70. The molecule has 0 amide bonds. The Morgan fingerprint density at radius 3 is 1.26 bits per heavy atom. The fourth-order valence-corrected chi connectivity index (χ4v) is 3.21. The van der Waals surface area contributed by atoms with E-state index in [4.69, 9.17) is 14.2 Å². The van der Waals surface area contributed by atoms with Crippen molar-refractivity contribution in [3.63, 3.8) is 0 Å². The van der Waals surface area contributed by atoms with Crippen molar-refractivity contribution in [1.82, 2.24) is 0 Å². The van der Waals surface area contributed by atoms with Gasteiger partial charge in [-0.1, -0.05) is 91.0 Å². The second-order valence-electron chi connectivity index (χ2n) is 7.79. The van der Waals surface area contributed by atoms with E-state index in [0.717, 1.165) is 11.1 Å². The van der Waals surface area contributed by atoms with E-state index in [0.29, 0.717) is 5.56 Å². The molecule has 0 fully saturated rings. The molecule has 3 aromatic rings. The van der Waals surface area contributed by atoms with Gasteiger partial charge in [0.25, 0.3) is 0 Å². The van der Waals surface area contributed by atoms with E-state index >= 15 is 0 Å². The lowest BCUT2D eigenvalue weighted by molar-refractivity contribution is -0.320. The van der Waals surface area contributed by atoms with Gasteiger partial charge in [0.2, 0.25) is 5.60 Å². The van der Waals surface area contributed by atoms with Crippen LogP contribution < -0.4 is 0 Å². The molecule has 0 unspecified atom stereocenters. The normalized spacial score (nSPS) is 10.9. The van der Waals surface area contributed by atoms with E-state index in [9.17, 15) is 19.6 Å². The van der Waals surface area contributed by atoms with Gasteiger partial charge in [-0.15, -0.1) is 0 Å². The Balaban J connectivity index is 1.69. The predicted octanol–water partition coefficient (Wildman–Crippen LogP) is 4.23. The molecule has 0 atom stereocenters. The van der Waals surface area contributed by atoms with E-state index in [-0.39, 0.29) is 19.8 Å². The van der Waals surface area contributed by atoms with Gasteiger partial charge in [0.05, 0.1) is 12.8 Å². The van der Waals surface area contributed by atoms with Crippen LogP contribution in [0.3, 0.4) is 0 Å². The van der Waals surface area contributed by atoms with Crippen molar-refractivity contribution in [2.24, 2.45) is 0 Å². The van der Waals surface area contributed by atoms with Gasteiger partial charge in [-0.25, -0.2) is 9.68 Å². The highest BCUT2D eigenvalue weighted by molar-refractivity contribution is 5.90. The van der Waals surface area contributed by atoms with E-state index in [1.54, 1.807) is 78.9 Å². The molecule has 0 aliphatic carbocycles. The Hall–Kier alpha value is -4.01. The number of hydrogen-bond acceptors (Lipinski definition) is 8. The van der Waals surface area contributed by atoms with Crippen LogP contribution in [0.1, 0.15) is 29.5 Å². The number of benzene rings is 3. The highest BCUT2D eigenvalue weighted by Gasteiger charge is 2.47. The predicted molar refractivity (Wildman–Crippen MR) is 124 cm³/mol. The highest BCUT2D eigenvalue weighted by Crippen LogP contribution is 2.25. The summed E-state index contributed by atoms with van der Waals surface area (Å²) in [6.45, 7) is -0.264. The van der Waals surface area contributed by atoms with Gasteiger partial charge in [0.1, 0.15) is 19.8 Å². The quantitative estimate of drug-likeness (QED) is 0.178. The molecule has 0 radical (unpaired) electrons. The molecule has 3 aromatic carbocycles. The third kappa shape index (κ3) is 8.06. The fraction of sp³-hybridized carbons (Fsp3) is 0.222. The molecule has 35 heavy (non-hydrogen) atoms. The fourth-order valence-electron chi connectivity index (χ4n) is 3.21. The van der Waals surface area contributed by atoms with Crippen LogP contribution in [0.2, 0.25) is 0 Å². The Labute approximate surface area is 202 Å². The molecular formula is C27H26O8. The van der Waals surface area contributed by atoms with Crippen LogP contribution in [0.4, 0.5) is 0 Å². The van der Waals surface area contributed by atoms with Crippen molar-refractivity contribution in [3.8, 4) is 0 Å². The van der Waals surface area contributed by atoms with Gasteiger partial charge < -0.3 is 14.2 Å². The number of rotatable bonds is 12. The van der Waals surface area contributed by atoms with E-state index in [2.05, 4.69) is 4.89 Å². The molecule has 3 rings (SSSR count). The lowest BCUT2D eigenvalue weighted by Gasteiger charge is -2.26. The zero-order chi connectivity index (χ0) is 24.9. The first-order chi connectivity index (χ1) is 17.0. The molecule has 1 N–H and O–H groups in total. The maximum Gasteiger partial charge on any atom is 0.343 e. The maximum atomic E-state index is 13.0. The standard InChI is InChI=1S/C27H26O8/c28-24(32-18-21-10-4-1-5-11-21)16-27(35-31,26(30)34-20-23-14-8-3-9-15-23)17-25(29)33-19-22-12-6-2-7-13-22/h1-15,31H,16-20H2. The lowest BCUT2D eigenvalue weighted by atomic mass is 9.95. The van der Waals surface area contributed by atoms with Crippen molar-refractivity contribution in [1.29, 1.82) is 0 Å². The molecule has 0 aliphatic heterocycles. The zero-order valence-corrected chi connectivity index (χ0v) is 19.0. The second-order valence-corrected chi connectivity index (χ2v) is 7.79. The smallest absolute Gasteiger partial charge is 0.343 e. The molecule has 0 aromatic heterocycles. The monoisotopic (exact) mass is 478 g/mol. The van der Waals surface area contributed by atoms with Crippen LogP contribution >= 0.6 is 0 Å². The first-order valence-corrected chi connectivity index (χ1v) is 10.9. The number of carbonyl (C=O) groups excluding carboxylic acids is 3. The Morgan fingerprint density at radius 2 is 0.914 bits per heavy atom. The molecule has 0 heterocycles. The number of ether oxygens (including phenoxy) is 3. The van der Waals surface area contributed by atoms with Crippen LogP contribution in [0.25, 0.3) is 0 Å². The van der Waals surface area contributed by atoms with Crippen LogP contribution in [-0.4, -0.2) is 28.8 Å². The second kappa shape index (κ2) is 13.0. The summed E-state index contributed by atoms with van der Waals surface area (Å²) in [7, 11) is 0. The van der Waals surface area contributed by atoms with Crippen molar-refractivity contribution in [2.45, 2.75) is 38.3 Å². The average molecular weight is 478 g/mol. The van der Waals surface area contributed by atoms with Crippen molar-refractivity contribution in [2.75, 3.05) is 0 Å². The molecule has 8 heteroatoms. The topological polar surface area (TPSA) is 108 Å². The minimum absolute atomic E-state index is 0.0568. The van der Waals surface area contributed by atoms with Gasteiger partial charge in [0.15, 0.2) is 0 Å². The van der Waals surface area contributed by atoms with Crippen LogP contribution in [0.5, 0.6) is 0 Å². The number of hydrogen-bond donors (Lipinski definition) is 1. The van der Waals surface area contributed by atoms with E-state index in [1.165, 1.54) is 0 Å². The molecule has 0 aliphatic rings. The van der Waals surface area contributed by atoms with Gasteiger partial charge in [-0.3, -0.25) is 14.8 Å². The summed E-state index contributed by atoms with van der Waals surface area (Å²) in [5.41, 5.74) is -0.211. The van der Waals surface area contributed by atoms with Gasteiger partial charge >= 0.3 is 17.9 Å². The summed E-state index contributed by atoms with van der Waals surface area (Å²) in [6.07, 6.45) is -1.52. The minimum atomic E-state index is -2.34. The summed E-state index contributed by atoms with van der Waals surface area (Å²) < 4.78 is 15.7. The number of carbonyl (C=O) groups is 3. The SMILES string of the molecule is O=C(CC(CC(=O)OCc1ccccc1)(OO)C(=O)OCc1ccccc1)OCc1ccccc1. The van der Waals surface area contributed by atoms with Crippen molar-refractivity contribution in [3.05, 3.63) is 108 Å². The molecule has 0 saturated carbocycles. The molecular weight excluding hydrogens is 452 g/mol.